The number of Topliss-reactive ketones (excluding diaryl/α,β-unsaturated/α-hetero) is 1. The maximum Gasteiger partial charge on any atom is 0.373 e. The van der Waals surface area contributed by atoms with Gasteiger partial charge in [-0.2, -0.15) is 0 Å². The number of nitrogens with zero attached hydrogens (tertiary/aromatic N) is 1. The third-order valence-corrected chi connectivity index (χ3v) is 6.18. The van der Waals surface area contributed by atoms with Crippen molar-refractivity contribution in [3.63, 3.8) is 0 Å². The van der Waals surface area contributed by atoms with Gasteiger partial charge in [0.2, 0.25) is 6.10 Å². The summed E-state index contributed by atoms with van der Waals surface area (Å²) in [6, 6.07) is 0. The van der Waals surface area contributed by atoms with Gasteiger partial charge in [-0.1, -0.05) is 96.8 Å². The summed E-state index contributed by atoms with van der Waals surface area (Å²) in [5.74, 6) is -3.32. The summed E-state index contributed by atoms with van der Waals surface area (Å²) in [5.41, 5.74) is 0. The molecule has 1 atom stereocenters. The minimum atomic E-state index is -1.46. The van der Waals surface area contributed by atoms with E-state index in [1.165, 1.54) is 77.6 Å². The van der Waals surface area contributed by atoms with Crippen LogP contribution in [0.4, 0.5) is 0 Å². The van der Waals surface area contributed by atoms with Gasteiger partial charge in [-0.25, -0.2) is 4.79 Å². The van der Waals surface area contributed by atoms with E-state index in [1.54, 1.807) is 0 Å². The average molecular weight is 496 g/mol. The number of hydrogen-bond donors (Lipinski definition) is 0. The third-order valence-electron chi connectivity index (χ3n) is 6.18. The molecule has 0 aromatic carbocycles. The van der Waals surface area contributed by atoms with Gasteiger partial charge in [0.15, 0.2) is 0 Å². The normalized spacial score (nSPS) is 14.3. The zero-order valence-electron chi connectivity index (χ0n) is 21.8. The molecule has 1 heterocycles. The molecule has 0 bridgehead atoms. The van der Waals surface area contributed by atoms with Crippen LogP contribution in [-0.2, 0) is 33.5 Å². The summed E-state index contributed by atoms with van der Waals surface area (Å²) in [5, 5.41) is 0.387. The minimum absolute atomic E-state index is 0.0392. The molecular weight excluding hydrogens is 450 g/mol. The molecule has 1 fully saturated rings. The van der Waals surface area contributed by atoms with Crippen molar-refractivity contribution in [2.45, 2.75) is 142 Å². The van der Waals surface area contributed by atoms with Gasteiger partial charge >= 0.3 is 11.9 Å². The van der Waals surface area contributed by atoms with E-state index in [-0.39, 0.29) is 31.5 Å². The molecule has 0 aromatic rings. The standard InChI is InChI=1S/C27H45NO7/c1-3-4-5-6-7-8-9-10-11-12-13-14-15-16-17-18-26(32)34-23(21-22(2)29)27(33)35-28-24(30)19-20-25(28)31/h23H,3-21H2,1-2H3/t23-/m0/s1. The molecule has 1 aliphatic rings. The molecule has 0 spiro atoms. The lowest BCUT2D eigenvalue weighted by molar-refractivity contribution is -0.206. The van der Waals surface area contributed by atoms with E-state index in [0.717, 1.165) is 19.3 Å². The van der Waals surface area contributed by atoms with Crippen molar-refractivity contribution in [2.75, 3.05) is 0 Å². The fourth-order valence-corrected chi connectivity index (χ4v) is 4.10. The Morgan fingerprint density at radius 3 is 1.60 bits per heavy atom. The largest absolute Gasteiger partial charge is 0.450 e. The fourth-order valence-electron chi connectivity index (χ4n) is 4.10. The van der Waals surface area contributed by atoms with Crippen LogP contribution < -0.4 is 0 Å². The van der Waals surface area contributed by atoms with E-state index in [1.807, 2.05) is 0 Å². The van der Waals surface area contributed by atoms with Gasteiger partial charge in [0, 0.05) is 19.3 Å². The molecule has 0 saturated carbocycles. The predicted octanol–water partition coefficient (Wildman–Crippen LogP) is 5.75. The number of unbranched alkanes of at least 4 members (excludes halogenated alkanes) is 14. The Morgan fingerprint density at radius 1 is 0.743 bits per heavy atom. The number of esters is 1. The number of ketones is 1. The summed E-state index contributed by atoms with van der Waals surface area (Å²) in [6.07, 6.45) is 16.5. The maximum atomic E-state index is 12.3. The Labute approximate surface area is 210 Å². The van der Waals surface area contributed by atoms with Crippen LogP contribution in [0.1, 0.15) is 136 Å². The molecule has 1 saturated heterocycles. The Morgan fingerprint density at radius 2 is 1.17 bits per heavy atom. The van der Waals surface area contributed by atoms with Gasteiger partial charge in [-0.3, -0.25) is 19.2 Å². The van der Waals surface area contributed by atoms with E-state index in [2.05, 4.69) is 6.92 Å². The van der Waals surface area contributed by atoms with Crippen LogP contribution in [0.25, 0.3) is 0 Å². The number of carbonyl (C=O) groups is 5. The van der Waals surface area contributed by atoms with E-state index < -0.39 is 29.9 Å². The number of amides is 2. The van der Waals surface area contributed by atoms with Gasteiger partial charge in [-0.15, -0.1) is 5.06 Å². The summed E-state index contributed by atoms with van der Waals surface area (Å²) in [7, 11) is 0. The van der Waals surface area contributed by atoms with Gasteiger partial charge in [0.1, 0.15) is 5.78 Å². The number of imide groups is 1. The zero-order chi connectivity index (χ0) is 25.9. The first-order valence-corrected chi connectivity index (χ1v) is 13.6. The van der Waals surface area contributed by atoms with Crippen molar-refractivity contribution < 1.29 is 33.5 Å². The van der Waals surface area contributed by atoms with Crippen LogP contribution in [0.3, 0.4) is 0 Å². The van der Waals surface area contributed by atoms with E-state index in [0.29, 0.717) is 11.5 Å². The molecule has 8 heteroatoms. The SMILES string of the molecule is CCCCCCCCCCCCCCCCCC(=O)O[C@@H](CC(C)=O)C(=O)ON1C(=O)CCC1=O. The van der Waals surface area contributed by atoms with E-state index in [9.17, 15) is 24.0 Å². The van der Waals surface area contributed by atoms with E-state index in [4.69, 9.17) is 9.57 Å². The smallest absolute Gasteiger partial charge is 0.373 e. The molecule has 0 radical (unpaired) electrons. The Kier molecular flexibility index (Phi) is 16.7. The highest BCUT2D eigenvalue weighted by Crippen LogP contribution is 2.16. The average Bonchev–Trinajstić information content (AvgIpc) is 3.12. The fraction of sp³-hybridized carbons (Fsp3) is 0.815. The van der Waals surface area contributed by atoms with Gasteiger partial charge < -0.3 is 9.57 Å². The lowest BCUT2D eigenvalue weighted by Crippen LogP contribution is -2.39. The molecule has 35 heavy (non-hydrogen) atoms. The predicted molar refractivity (Wildman–Crippen MR) is 132 cm³/mol. The summed E-state index contributed by atoms with van der Waals surface area (Å²) >= 11 is 0. The van der Waals surface area contributed by atoms with Crippen molar-refractivity contribution in [2.24, 2.45) is 0 Å². The first-order chi connectivity index (χ1) is 16.8. The molecule has 8 nitrogen and oxygen atoms in total. The van der Waals surface area contributed by atoms with Crippen molar-refractivity contribution in [1.29, 1.82) is 0 Å². The first-order valence-electron chi connectivity index (χ1n) is 13.6. The highest BCUT2D eigenvalue weighted by Gasteiger charge is 2.36. The number of carbonyl (C=O) groups excluding carboxylic acids is 5. The molecule has 0 aromatic heterocycles. The second kappa shape index (κ2) is 19.0. The Bertz CT molecular complexity index is 660. The second-order valence-electron chi connectivity index (χ2n) is 9.58. The van der Waals surface area contributed by atoms with Crippen LogP contribution in [-0.4, -0.2) is 40.7 Å². The summed E-state index contributed by atoms with van der Waals surface area (Å²) < 4.78 is 5.14. The van der Waals surface area contributed by atoms with Crippen molar-refractivity contribution in [3.8, 4) is 0 Å². The Balaban J connectivity index is 2.10. The molecular formula is C27H45NO7. The molecule has 200 valence electrons. The lowest BCUT2D eigenvalue weighted by atomic mass is 10.0. The van der Waals surface area contributed by atoms with Crippen LogP contribution >= 0.6 is 0 Å². The maximum absolute atomic E-state index is 12.3. The number of hydroxylamine groups is 2. The quantitative estimate of drug-likeness (QED) is 0.113. The Hall–Kier alpha value is -2.25. The van der Waals surface area contributed by atoms with Crippen molar-refractivity contribution in [1.82, 2.24) is 5.06 Å². The second-order valence-corrected chi connectivity index (χ2v) is 9.58. The molecule has 1 aliphatic heterocycles. The third kappa shape index (κ3) is 14.7. The van der Waals surface area contributed by atoms with Crippen LogP contribution in [0.2, 0.25) is 0 Å². The summed E-state index contributed by atoms with van der Waals surface area (Å²) in [4.78, 5) is 63.9. The van der Waals surface area contributed by atoms with Gasteiger partial charge in [0.05, 0.1) is 6.42 Å². The van der Waals surface area contributed by atoms with Crippen molar-refractivity contribution >= 4 is 29.5 Å². The monoisotopic (exact) mass is 495 g/mol. The molecule has 0 N–H and O–H groups in total. The highest BCUT2D eigenvalue weighted by atomic mass is 16.7. The van der Waals surface area contributed by atoms with Gasteiger partial charge in [-0.05, 0) is 13.3 Å². The van der Waals surface area contributed by atoms with E-state index >= 15 is 0 Å². The minimum Gasteiger partial charge on any atom is -0.450 e. The number of rotatable bonds is 21. The van der Waals surface area contributed by atoms with Crippen molar-refractivity contribution in [3.05, 3.63) is 0 Å². The molecule has 2 amide bonds. The number of hydrogen-bond acceptors (Lipinski definition) is 7. The molecule has 1 rings (SSSR count). The van der Waals surface area contributed by atoms with Crippen LogP contribution in [0.5, 0.6) is 0 Å². The number of ether oxygens (including phenoxy) is 1. The summed E-state index contributed by atoms with van der Waals surface area (Å²) in [6.45, 7) is 3.50. The van der Waals surface area contributed by atoms with Crippen LogP contribution in [0.15, 0.2) is 0 Å². The molecule has 0 unspecified atom stereocenters. The first kappa shape index (κ1) is 30.8. The molecule has 0 aliphatic carbocycles. The topological polar surface area (TPSA) is 107 Å². The zero-order valence-corrected chi connectivity index (χ0v) is 21.8. The van der Waals surface area contributed by atoms with Gasteiger partial charge in [0.25, 0.3) is 11.8 Å². The van der Waals surface area contributed by atoms with Crippen LogP contribution in [0, 0.1) is 0 Å². The lowest BCUT2D eigenvalue weighted by Gasteiger charge is -2.18. The highest BCUT2D eigenvalue weighted by molar-refractivity contribution is 6.02.